The predicted molar refractivity (Wildman–Crippen MR) is 134 cm³/mol. The Morgan fingerprint density at radius 1 is 1.09 bits per heavy atom. The lowest BCUT2D eigenvalue weighted by Crippen LogP contribution is -2.50. The van der Waals surface area contributed by atoms with E-state index in [1.165, 1.54) is 11.8 Å². The van der Waals surface area contributed by atoms with Gasteiger partial charge in [-0.15, -0.1) is 11.8 Å². The molecular formula is C25H30Cl2N2O2S. The van der Waals surface area contributed by atoms with Crippen molar-refractivity contribution in [3.63, 3.8) is 0 Å². The number of hydrogen-bond acceptors (Lipinski definition) is 3. The number of rotatable bonds is 9. The summed E-state index contributed by atoms with van der Waals surface area (Å²) in [7, 11) is 0. The average Bonchev–Trinajstić information content (AvgIpc) is 3.27. The van der Waals surface area contributed by atoms with Crippen LogP contribution in [0.15, 0.2) is 42.5 Å². The number of amides is 2. The van der Waals surface area contributed by atoms with E-state index in [1.54, 1.807) is 11.0 Å². The average molecular weight is 494 g/mol. The van der Waals surface area contributed by atoms with Gasteiger partial charge in [-0.2, -0.15) is 0 Å². The van der Waals surface area contributed by atoms with E-state index in [1.807, 2.05) is 44.2 Å². The maximum absolute atomic E-state index is 13.2. The van der Waals surface area contributed by atoms with Gasteiger partial charge >= 0.3 is 0 Å². The number of nitrogens with zero attached hydrogens (tertiary/aromatic N) is 1. The summed E-state index contributed by atoms with van der Waals surface area (Å²) in [5.41, 5.74) is 3.16. The van der Waals surface area contributed by atoms with E-state index in [4.69, 9.17) is 23.2 Å². The van der Waals surface area contributed by atoms with Crippen LogP contribution in [-0.4, -0.2) is 34.6 Å². The molecule has 4 nitrogen and oxygen atoms in total. The highest BCUT2D eigenvalue weighted by Gasteiger charge is 2.28. The van der Waals surface area contributed by atoms with Gasteiger partial charge in [0.2, 0.25) is 11.8 Å². The number of benzene rings is 2. The van der Waals surface area contributed by atoms with Crippen LogP contribution in [0.4, 0.5) is 0 Å². The molecule has 3 rings (SSSR count). The van der Waals surface area contributed by atoms with Crippen LogP contribution in [0.1, 0.15) is 49.3 Å². The number of carbonyl (C=O) groups excluding carboxylic acids is 2. The summed E-state index contributed by atoms with van der Waals surface area (Å²) in [5, 5.41) is 4.16. The zero-order chi connectivity index (χ0) is 23.1. The minimum absolute atomic E-state index is 0.0503. The Kier molecular flexibility index (Phi) is 9.33. The minimum Gasteiger partial charge on any atom is -0.352 e. The SMILES string of the molecule is Cc1cccc(CN(C(=O)CSCc2ccc(Cl)c(Cl)c2)[C@H](C)C(=O)NC2CCCC2)c1. The molecule has 0 aromatic heterocycles. The first kappa shape index (κ1) is 24.9. The van der Waals surface area contributed by atoms with Crippen LogP contribution < -0.4 is 5.32 Å². The van der Waals surface area contributed by atoms with Crippen molar-refractivity contribution in [2.24, 2.45) is 0 Å². The molecule has 0 heterocycles. The molecule has 0 spiro atoms. The van der Waals surface area contributed by atoms with E-state index >= 15 is 0 Å². The van der Waals surface area contributed by atoms with E-state index in [-0.39, 0.29) is 23.6 Å². The molecule has 2 aromatic carbocycles. The highest BCUT2D eigenvalue weighted by atomic mass is 35.5. The quantitative estimate of drug-likeness (QED) is 0.466. The summed E-state index contributed by atoms with van der Waals surface area (Å²) in [6.45, 7) is 4.26. The largest absolute Gasteiger partial charge is 0.352 e. The maximum Gasteiger partial charge on any atom is 0.242 e. The smallest absolute Gasteiger partial charge is 0.242 e. The minimum atomic E-state index is -0.533. The van der Waals surface area contributed by atoms with Gasteiger partial charge < -0.3 is 10.2 Å². The van der Waals surface area contributed by atoms with Gasteiger partial charge in [-0.1, -0.05) is 71.9 Å². The fraction of sp³-hybridized carbons (Fsp3) is 0.440. The van der Waals surface area contributed by atoms with E-state index < -0.39 is 6.04 Å². The topological polar surface area (TPSA) is 49.4 Å². The van der Waals surface area contributed by atoms with Gasteiger partial charge in [0.1, 0.15) is 6.04 Å². The molecule has 32 heavy (non-hydrogen) atoms. The third-order valence-corrected chi connectivity index (χ3v) is 7.51. The molecular weight excluding hydrogens is 463 g/mol. The third kappa shape index (κ3) is 7.16. The summed E-state index contributed by atoms with van der Waals surface area (Å²) < 4.78 is 0. The molecule has 0 bridgehead atoms. The van der Waals surface area contributed by atoms with Crippen LogP contribution in [-0.2, 0) is 21.9 Å². The molecule has 0 unspecified atom stereocenters. The molecule has 2 aromatic rings. The summed E-state index contributed by atoms with van der Waals surface area (Å²) in [4.78, 5) is 27.8. The van der Waals surface area contributed by atoms with Crippen molar-refractivity contribution in [2.45, 2.75) is 63.9 Å². The Hall–Kier alpha value is -1.69. The highest BCUT2D eigenvalue weighted by Crippen LogP contribution is 2.25. The molecule has 1 aliphatic rings. The normalized spacial score (nSPS) is 14.9. The standard InChI is InChI=1S/C25H30Cl2N2O2S/c1-17-6-5-7-19(12-17)14-29(18(2)25(31)28-21-8-3-4-9-21)24(30)16-32-15-20-10-11-22(26)23(27)13-20/h5-7,10-13,18,21H,3-4,8-9,14-16H2,1-2H3,(H,28,31)/t18-/m1/s1. The lowest BCUT2D eigenvalue weighted by molar-refractivity contribution is -0.138. The molecule has 1 aliphatic carbocycles. The third-order valence-electron chi connectivity index (χ3n) is 5.78. The fourth-order valence-corrected chi connectivity index (χ4v) is 5.13. The van der Waals surface area contributed by atoms with Crippen LogP contribution in [0.5, 0.6) is 0 Å². The molecule has 7 heteroatoms. The number of carbonyl (C=O) groups is 2. The molecule has 0 radical (unpaired) electrons. The molecule has 1 atom stereocenters. The van der Waals surface area contributed by atoms with E-state index in [0.717, 1.165) is 42.4 Å². The lowest BCUT2D eigenvalue weighted by atomic mass is 10.1. The monoisotopic (exact) mass is 492 g/mol. The zero-order valence-electron chi connectivity index (χ0n) is 18.6. The van der Waals surface area contributed by atoms with Gasteiger partial charge in [0, 0.05) is 18.3 Å². The summed E-state index contributed by atoms with van der Waals surface area (Å²) in [6.07, 6.45) is 4.33. The van der Waals surface area contributed by atoms with Gasteiger partial charge in [0.15, 0.2) is 0 Å². The number of thioether (sulfide) groups is 1. The van der Waals surface area contributed by atoms with Gasteiger partial charge in [-0.05, 0) is 49.9 Å². The van der Waals surface area contributed by atoms with Gasteiger partial charge in [0.05, 0.1) is 15.8 Å². The molecule has 0 saturated heterocycles. The van der Waals surface area contributed by atoms with Crippen molar-refractivity contribution in [3.05, 3.63) is 69.2 Å². The molecule has 172 valence electrons. The molecule has 1 saturated carbocycles. The second-order valence-electron chi connectivity index (χ2n) is 8.42. The van der Waals surface area contributed by atoms with Crippen molar-refractivity contribution in [1.29, 1.82) is 0 Å². The number of halogens is 2. The van der Waals surface area contributed by atoms with Crippen molar-refractivity contribution in [2.75, 3.05) is 5.75 Å². The highest BCUT2D eigenvalue weighted by molar-refractivity contribution is 7.99. The Bertz CT molecular complexity index is 947. The van der Waals surface area contributed by atoms with Crippen LogP contribution >= 0.6 is 35.0 Å². The van der Waals surface area contributed by atoms with Gasteiger partial charge in [-0.3, -0.25) is 9.59 Å². The van der Waals surface area contributed by atoms with Crippen LogP contribution in [0, 0.1) is 6.92 Å². The van der Waals surface area contributed by atoms with Crippen molar-refractivity contribution >= 4 is 46.8 Å². The molecule has 0 aliphatic heterocycles. The summed E-state index contributed by atoms with van der Waals surface area (Å²) in [6, 6.07) is 13.3. The molecule has 2 amide bonds. The van der Waals surface area contributed by atoms with Crippen molar-refractivity contribution < 1.29 is 9.59 Å². The van der Waals surface area contributed by atoms with E-state index in [2.05, 4.69) is 11.4 Å². The van der Waals surface area contributed by atoms with E-state index in [0.29, 0.717) is 22.3 Å². The van der Waals surface area contributed by atoms with Crippen molar-refractivity contribution in [3.8, 4) is 0 Å². The van der Waals surface area contributed by atoms with Crippen LogP contribution in [0.3, 0.4) is 0 Å². The lowest BCUT2D eigenvalue weighted by Gasteiger charge is -2.30. The number of hydrogen-bond donors (Lipinski definition) is 1. The summed E-state index contributed by atoms with van der Waals surface area (Å²) >= 11 is 13.6. The Morgan fingerprint density at radius 2 is 1.84 bits per heavy atom. The fourth-order valence-electron chi connectivity index (χ4n) is 3.95. The Morgan fingerprint density at radius 3 is 2.53 bits per heavy atom. The second-order valence-corrected chi connectivity index (χ2v) is 10.2. The molecule has 1 fully saturated rings. The Labute approximate surface area is 205 Å². The van der Waals surface area contributed by atoms with Crippen molar-refractivity contribution in [1.82, 2.24) is 10.2 Å². The first-order chi connectivity index (χ1) is 15.3. The maximum atomic E-state index is 13.2. The summed E-state index contributed by atoms with van der Waals surface area (Å²) in [5.74, 6) is 0.800. The second kappa shape index (κ2) is 12.0. The van der Waals surface area contributed by atoms with Crippen LogP contribution in [0.2, 0.25) is 10.0 Å². The van der Waals surface area contributed by atoms with Crippen LogP contribution in [0.25, 0.3) is 0 Å². The van der Waals surface area contributed by atoms with E-state index in [9.17, 15) is 9.59 Å². The van der Waals surface area contributed by atoms with Gasteiger partial charge in [0.25, 0.3) is 0 Å². The first-order valence-corrected chi connectivity index (χ1v) is 12.9. The Balaban J connectivity index is 1.66. The zero-order valence-corrected chi connectivity index (χ0v) is 20.9. The first-order valence-electron chi connectivity index (χ1n) is 11.0. The van der Waals surface area contributed by atoms with Gasteiger partial charge in [-0.25, -0.2) is 0 Å². The molecule has 1 N–H and O–H groups in total. The number of aryl methyl sites for hydroxylation is 1. The predicted octanol–water partition coefficient (Wildman–Crippen LogP) is 6.01. The number of nitrogens with one attached hydrogen (secondary N) is 1.